The third-order valence-corrected chi connectivity index (χ3v) is 4.00. The van der Waals surface area contributed by atoms with Gasteiger partial charge in [0.25, 0.3) is 5.91 Å². The van der Waals surface area contributed by atoms with Crippen molar-refractivity contribution >= 4 is 38.8 Å². The van der Waals surface area contributed by atoms with Crippen LogP contribution in [0, 0.1) is 0 Å². The van der Waals surface area contributed by atoms with E-state index in [1.807, 2.05) is 0 Å². The van der Waals surface area contributed by atoms with Crippen molar-refractivity contribution in [2.24, 2.45) is 5.73 Å². The molecule has 2 aromatic rings. The molecule has 0 radical (unpaired) electrons. The molecule has 1 amide bonds. The summed E-state index contributed by atoms with van der Waals surface area (Å²) in [5.41, 5.74) is 6.09. The first-order valence-corrected chi connectivity index (χ1v) is 8.03. The van der Waals surface area contributed by atoms with Gasteiger partial charge >= 0.3 is 0 Å². The Kier molecular flexibility index (Phi) is 4.05. The van der Waals surface area contributed by atoms with Crippen molar-refractivity contribution in [2.75, 3.05) is 11.6 Å². The molecule has 7 nitrogen and oxygen atoms in total. The number of nitrogens with one attached hydrogen (secondary N) is 2. The minimum atomic E-state index is -3.38. The number of thiocarbonyl (C=S) groups is 1. The number of anilines is 1. The van der Waals surface area contributed by atoms with Gasteiger partial charge < -0.3 is 11.1 Å². The first-order valence-electron chi connectivity index (χ1n) is 5.73. The Morgan fingerprint density at radius 1 is 1.43 bits per heavy atom. The van der Waals surface area contributed by atoms with Crippen LogP contribution < -0.4 is 11.1 Å². The molecule has 0 spiro atoms. The summed E-state index contributed by atoms with van der Waals surface area (Å²) in [7, 11) is -3.38. The molecule has 0 saturated carbocycles. The number of H-pyrrole nitrogens is 1. The smallest absolute Gasteiger partial charge is 0.256 e. The second kappa shape index (κ2) is 5.62. The van der Waals surface area contributed by atoms with Crippen LogP contribution >= 0.6 is 12.2 Å². The highest BCUT2D eigenvalue weighted by molar-refractivity contribution is 7.90. The lowest BCUT2D eigenvalue weighted by Gasteiger charge is -2.06. The molecule has 4 N–H and O–H groups in total. The summed E-state index contributed by atoms with van der Waals surface area (Å²) in [5, 5.41) is 8.86. The normalized spacial score (nSPS) is 11.1. The SMILES string of the molecule is CS(=O)(=O)c1cccc(C(=O)Nc2[nH]ncc2C(N)=S)c1. The van der Waals surface area contributed by atoms with E-state index in [1.165, 1.54) is 30.5 Å². The number of nitrogens with two attached hydrogens (primary N) is 1. The number of hydrogen-bond acceptors (Lipinski definition) is 5. The van der Waals surface area contributed by atoms with Crippen LogP contribution in [0.3, 0.4) is 0 Å². The molecule has 0 bridgehead atoms. The summed E-state index contributed by atoms with van der Waals surface area (Å²) in [6.07, 6.45) is 2.47. The largest absolute Gasteiger partial charge is 0.389 e. The predicted octanol–water partition coefficient (Wildman–Crippen LogP) is 0.700. The topological polar surface area (TPSA) is 118 Å². The van der Waals surface area contributed by atoms with Crippen LogP contribution in [0.15, 0.2) is 35.4 Å². The van der Waals surface area contributed by atoms with Gasteiger partial charge in [-0.3, -0.25) is 9.89 Å². The number of carbonyl (C=O) groups is 1. The molecule has 0 saturated heterocycles. The molecular weight excluding hydrogens is 312 g/mol. The summed E-state index contributed by atoms with van der Waals surface area (Å²) >= 11 is 4.83. The Labute approximate surface area is 126 Å². The van der Waals surface area contributed by atoms with Crippen molar-refractivity contribution in [3.05, 3.63) is 41.6 Å². The zero-order valence-electron chi connectivity index (χ0n) is 11.0. The van der Waals surface area contributed by atoms with Gasteiger partial charge in [-0.2, -0.15) is 5.10 Å². The fourth-order valence-electron chi connectivity index (χ4n) is 1.62. The van der Waals surface area contributed by atoms with Crippen LogP contribution in [0.25, 0.3) is 0 Å². The molecule has 0 aliphatic heterocycles. The first kappa shape index (κ1) is 15.1. The fourth-order valence-corrected chi connectivity index (χ4v) is 2.44. The number of carbonyl (C=O) groups excluding carboxylic acids is 1. The molecule has 1 aromatic heterocycles. The lowest BCUT2D eigenvalue weighted by molar-refractivity contribution is 0.102. The van der Waals surface area contributed by atoms with E-state index in [9.17, 15) is 13.2 Å². The second-order valence-corrected chi connectivity index (χ2v) is 6.73. The number of benzene rings is 1. The van der Waals surface area contributed by atoms with Gasteiger partial charge in [0.1, 0.15) is 10.8 Å². The van der Waals surface area contributed by atoms with Crippen LogP contribution in [0.2, 0.25) is 0 Å². The summed E-state index contributed by atoms with van der Waals surface area (Å²) in [6.45, 7) is 0. The third kappa shape index (κ3) is 3.44. The summed E-state index contributed by atoms with van der Waals surface area (Å²) < 4.78 is 23.0. The van der Waals surface area contributed by atoms with Gasteiger partial charge in [0.2, 0.25) is 0 Å². The maximum atomic E-state index is 12.1. The van der Waals surface area contributed by atoms with E-state index in [-0.39, 0.29) is 21.3 Å². The highest BCUT2D eigenvalue weighted by atomic mass is 32.2. The van der Waals surface area contributed by atoms with E-state index in [0.717, 1.165) is 6.26 Å². The number of hydrogen-bond donors (Lipinski definition) is 3. The van der Waals surface area contributed by atoms with Gasteiger partial charge in [0.15, 0.2) is 9.84 Å². The minimum absolute atomic E-state index is 0.0642. The van der Waals surface area contributed by atoms with E-state index in [2.05, 4.69) is 15.5 Å². The van der Waals surface area contributed by atoms with Gasteiger partial charge in [0, 0.05) is 11.8 Å². The summed E-state index contributed by atoms with van der Waals surface area (Å²) in [5.74, 6) is -0.237. The maximum absolute atomic E-state index is 12.1. The monoisotopic (exact) mass is 324 g/mol. The van der Waals surface area contributed by atoms with Gasteiger partial charge in [-0.05, 0) is 18.2 Å². The number of rotatable bonds is 4. The molecule has 21 heavy (non-hydrogen) atoms. The number of aromatic amines is 1. The third-order valence-electron chi connectivity index (χ3n) is 2.67. The number of aromatic nitrogens is 2. The van der Waals surface area contributed by atoms with Crippen LogP contribution in [-0.2, 0) is 9.84 Å². The summed E-state index contributed by atoms with van der Waals surface area (Å²) in [6, 6.07) is 5.71. The van der Waals surface area contributed by atoms with Gasteiger partial charge in [-0.15, -0.1) is 0 Å². The molecule has 0 aliphatic rings. The average molecular weight is 324 g/mol. The summed E-state index contributed by atoms with van der Waals surface area (Å²) in [4.78, 5) is 12.3. The molecule has 1 heterocycles. The number of amides is 1. The first-order chi connectivity index (χ1) is 9.79. The van der Waals surface area contributed by atoms with Crippen molar-refractivity contribution in [3.63, 3.8) is 0 Å². The standard InChI is InChI=1S/C12H12N4O3S2/c1-21(18,19)8-4-2-3-7(5-8)12(17)15-11-9(10(13)20)6-14-16-11/h2-6H,1H3,(H2,13,20)(H2,14,15,16,17). The predicted molar refractivity (Wildman–Crippen MR) is 82.0 cm³/mol. The van der Waals surface area contributed by atoms with E-state index >= 15 is 0 Å². The Balaban J connectivity index is 2.29. The minimum Gasteiger partial charge on any atom is -0.389 e. The number of sulfone groups is 1. The van der Waals surface area contributed by atoms with Gasteiger partial charge in [-0.25, -0.2) is 8.42 Å². The molecule has 0 unspecified atom stereocenters. The Morgan fingerprint density at radius 3 is 2.76 bits per heavy atom. The van der Waals surface area contributed by atoms with Crippen molar-refractivity contribution < 1.29 is 13.2 Å². The Morgan fingerprint density at radius 2 is 2.14 bits per heavy atom. The van der Waals surface area contributed by atoms with Crippen molar-refractivity contribution in [3.8, 4) is 0 Å². The van der Waals surface area contributed by atoms with Crippen LogP contribution in [0.1, 0.15) is 15.9 Å². The Bertz CT molecular complexity index is 811. The van der Waals surface area contributed by atoms with Crippen molar-refractivity contribution in [1.82, 2.24) is 10.2 Å². The molecule has 9 heteroatoms. The molecule has 1 aromatic carbocycles. The van der Waals surface area contributed by atoms with Crippen molar-refractivity contribution in [1.29, 1.82) is 0 Å². The molecule has 0 fully saturated rings. The lowest BCUT2D eigenvalue weighted by Crippen LogP contribution is -2.17. The molecule has 0 atom stereocenters. The zero-order valence-corrected chi connectivity index (χ0v) is 12.6. The molecule has 2 rings (SSSR count). The zero-order chi connectivity index (χ0) is 15.6. The average Bonchev–Trinajstić information content (AvgIpc) is 2.86. The molecule has 0 aliphatic carbocycles. The van der Waals surface area contributed by atoms with E-state index in [0.29, 0.717) is 5.56 Å². The molecular formula is C12H12N4O3S2. The van der Waals surface area contributed by atoms with Crippen LogP contribution in [0.4, 0.5) is 5.82 Å². The highest BCUT2D eigenvalue weighted by Gasteiger charge is 2.14. The maximum Gasteiger partial charge on any atom is 0.256 e. The highest BCUT2D eigenvalue weighted by Crippen LogP contribution is 2.15. The van der Waals surface area contributed by atoms with Crippen LogP contribution in [0.5, 0.6) is 0 Å². The van der Waals surface area contributed by atoms with E-state index in [1.54, 1.807) is 0 Å². The second-order valence-electron chi connectivity index (χ2n) is 4.28. The number of nitrogens with zero attached hydrogens (tertiary/aromatic N) is 1. The quantitative estimate of drug-likeness (QED) is 0.713. The lowest BCUT2D eigenvalue weighted by atomic mass is 10.2. The van der Waals surface area contributed by atoms with Crippen LogP contribution in [-0.4, -0.2) is 35.8 Å². The van der Waals surface area contributed by atoms with Gasteiger partial charge in [-0.1, -0.05) is 18.3 Å². The van der Waals surface area contributed by atoms with E-state index in [4.69, 9.17) is 18.0 Å². The Hall–Kier alpha value is -2.26. The van der Waals surface area contributed by atoms with E-state index < -0.39 is 15.7 Å². The van der Waals surface area contributed by atoms with Gasteiger partial charge in [0.05, 0.1) is 16.7 Å². The fraction of sp³-hybridized carbons (Fsp3) is 0.0833. The molecule has 110 valence electrons. The van der Waals surface area contributed by atoms with Crippen molar-refractivity contribution in [2.45, 2.75) is 4.90 Å².